The van der Waals surface area contributed by atoms with Gasteiger partial charge < -0.3 is 9.64 Å². The van der Waals surface area contributed by atoms with Gasteiger partial charge in [-0.05, 0) is 24.6 Å². The molecule has 1 aromatic rings. The predicted molar refractivity (Wildman–Crippen MR) is 75.6 cm³/mol. The maximum absolute atomic E-state index is 12.5. The summed E-state index contributed by atoms with van der Waals surface area (Å²) in [6.45, 7) is 3.72. The smallest absolute Gasteiger partial charge is 0.254 e. The minimum absolute atomic E-state index is 0.0303. The number of aryl methyl sites for hydroxylation is 1. The molecule has 1 aliphatic rings. The van der Waals surface area contributed by atoms with Crippen molar-refractivity contribution in [2.24, 2.45) is 0 Å². The minimum Gasteiger partial charge on any atom is -0.377 e. The number of hydrogen-bond acceptors (Lipinski definition) is 2. The Morgan fingerprint density at radius 3 is 3.11 bits per heavy atom. The van der Waals surface area contributed by atoms with Gasteiger partial charge in [-0.25, -0.2) is 0 Å². The van der Waals surface area contributed by atoms with E-state index in [2.05, 4.69) is 15.9 Å². The summed E-state index contributed by atoms with van der Waals surface area (Å²) in [7, 11) is 0. The van der Waals surface area contributed by atoms with E-state index in [4.69, 9.17) is 16.3 Å². The van der Waals surface area contributed by atoms with Gasteiger partial charge in [-0.15, -0.1) is 0 Å². The lowest BCUT2D eigenvalue weighted by atomic mass is 10.1. The van der Waals surface area contributed by atoms with Crippen molar-refractivity contribution in [2.45, 2.75) is 13.0 Å². The molecule has 1 heterocycles. The quantitative estimate of drug-likeness (QED) is 0.779. The zero-order chi connectivity index (χ0) is 13.1. The van der Waals surface area contributed by atoms with Crippen molar-refractivity contribution < 1.29 is 9.53 Å². The summed E-state index contributed by atoms with van der Waals surface area (Å²) >= 11 is 9.39. The number of halogens is 2. The normalized spacial score (nSPS) is 19.9. The van der Waals surface area contributed by atoms with E-state index in [-0.39, 0.29) is 11.9 Å². The molecule has 2 rings (SSSR count). The van der Waals surface area contributed by atoms with Crippen LogP contribution in [0.3, 0.4) is 0 Å². The number of hydrogen-bond donors (Lipinski definition) is 0. The Kier molecular flexibility index (Phi) is 4.65. The summed E-state index contributed by atoms with van der Waals surface area (Å²) in [5, 5.41) is 1.31. The van der Waals surface area contributed by atoms with Crippen molar-refractivity contribution in [2.75, 3.05) is 25.1 Å². The molecule has 1 saturated heterocycles. The molecule has 1 fully saturated rings. The molecular formula is C13H15BrClNO2. The van der Waals surface area contributed by atoms with Crippen LogP contribution in [0.15, 0.2) is 18.2 Å². The SMILES string of the molecule is Cc1ccc(Cl)cc1C(=O)N1CCOCC1CBr. The average molecular weight is 333 g/mol. The molecule has 1 atom stereocenters. The van der Waals surface area contributed by atoms with Crippen molar-refractivity contribution in [3.63, 3.8) is 0 Å². The lowest BCUT2D eigenvalue weighted by Crippen LogP contribution is -2.49. The van der Waals surface area contributed by atoms with E-state index >= 15 is 0 Å². The van der Waals surface area contributed by atoms with Crippen molar-refractivity contribution >= 4 is 33.4 Å². The van der Waals surface area contributed by atoms with Crippen LogP contribution < -0.4 is 0 Å². The van der Waals surface area contributed by atoms with Gasteiger partial charge in [0, 0.05) is 22.5 Å². The van der Waals surface area contributed by atoms with Gasteiger partial charge in [0.05, 0.1) is 19.3 Å². The first-order valence-electron chi connectivity index (χ1n) is 5.84. The van der Waals surface area contributed by atoms with E-state index < -0.39 is 0 Å². The number of morpholine rings is 1. The third-order valence-electron chi connectivity index (χ3n) is 3.10. The van der Waals surface area contributed by atoms with Gasteiger partial charge in [-0.2, -0.15) is 0 Å². The van der Waals surface area contributed by atoms with Crippen LogP contribution in [0.25, 0.3) is 0 Å². The van der Waals surface area contributed by atoms with Crippen molar-refractivity contribution in [3.05, 3.63) is 34.3 Å². The zero-order valence-electron chi connectivity index (χ0n) is 10.2. The van der Waals surface area contributed by atoms with Crippen LogP contribution in [-0.4, -0.2) is 41.9 Å². The number of nitrogens with zero attached hydrogens (tertiary/aromatic N) is 1. The molecular weight excluding hydrogens is 318 g/mol. The number of alkyl halides is 1. The molecule has 1 aliphatic heterocycles. The Balaban J connectivity index is 2.26. The molecule has 0 aliphatic carbocycles. The first-order valence-corrected chi connectivity index (χ1v) is 7.34. The molecule has 98 valence electrons. The zero-order valence-corrected chi connectivity index (χ0v) is 12.5. The lowest BCUT2D eigenvalue weighted by molar-refractivity contribution is 0.00521. The van der Waals surface area contributed by atoms with Crippen molar-refractivity contribution in [1.82, 2.24) is 4.90 Å². The van der Waals surface area contributed by atoms with Crippen LogP contribution in [0, 0.1) is 6.92 Å². The second kappa shape index (κ2) is 6.04. The highest BCUT2D eigenvalue weighted by atomic mass is 79.9. The fourth-order valence-corrected chi connectivity index (χ4v) is 2.74. The number of carbonyl (C=O) groups excluding carboxylic acids is 1. The van der Waals surface area contributed by atoms with Gasteiger partial charge in [0.1, 0.15) is 0 Å². The highest BCUT2D eigenvalue weighted by molar-refractivity contribution is 9.09. The number of rotatable bonds is 2. The maximum Gasteiger partial charge on any atom is 0.254 e. The summed E-state index contributed by atoms with van der Waals surface area (Å²) in [5.41, 5.74) is 1.62. The summed E-state index contributed by atoms with van der Waals surface area (Å²) in [4.78, 5) is 14.4. The fourth-order valence-electron chi connectivity index (χ4n) is 2.03. The van der Waals surface area contributed by atoms with E-state index in [1.807, 2.05) is 17.9 Å². The highest BCUT2D eigenvalue weighted by Crippen LogP contribution is 2.20. The monoisotopic (exact) mass is 331 g/mol. The van der Waals surface area contributed by atoms with E-state index in [0.717, 1.165) is 10.9 Å². The summed E-state index contributed by atoms with van der Waals surface area (Å²) in [6, 6.07) is 5.50. The molecule has 18 heavy (non-hydrogen) atoms. The van der Waals surface area contributed by atoms with E-state index in [0.29, 0.717) is 30.3 Å². The molecule has 1 unspecified atom stereocenters. The van der Waals surface area contributed by atoms with Crippen LogP contribution in [0.5, 0.6) is 0 Å². The third-order valence-corrected chi connectivity index (χ3v) is 4.08. The number of ether oxygens (including phenoxy) is 1. The van der Waals surface area contributed by atoms with Gasteiger partial charge in [-0.1, -0.05) is 33.6 Å². The number of benzene rings is 1. The van der Waals surface area contributed by atoms with E-state index in [1.54, 1.807) is 12.1 Å². The standard InChI is InChI=1S/C13H15BrClNO2/c1-9-2-3-10(15)6-12(9)13(17)16-4-5-18-8-11(16)7-14/h2-3,6,11H,4-5,7-8H2,1H3. The Morgan fingerprint density at radius 1 is 1.61 bits per heavy atom. The van der Waals surface area contributed by atoms with Gasteiger partial charge in [-0.3, -0.25) is 4.79 Å². The van der Waals surface area contributed by atoms with Gasteiger partial charge in [0.15, 0.2) is 0 Å². The average Bonchev–Trinajstić information content (AvgIpc) is 2.40. The molecule has 0 bridgehead atoms. The Labute approximate surface area is 120 Å². The molecule has 0 aromatic heterocycles. The molecule has 0 radical (unpaired) electrons. The topological polar surface area (TPSA) is 29.5 Å². The lowest BCUT2D eigenvalue weighted by Gasteiger charge is -2.35. The van der Waals surface area contributed by atoms with Crippen LogP contribution in [0.2, 0.25) is 5.02 Å². The fraction of sp³-hybridized carbons (Fsp3) is 0.462. The molecule has 0 saturated carbocycles. The largest absolute Gasteiger partial charge is 0.377 e. The van der Waals surface area contributed by atoms with Gasteiger partial charge in [0.2, 0.25) is 0 Å². The van der Waals surface area contributed by atoms with Gasteiger partial charge in [0.25, 0.3) is 5.91 Å². The first kappa shape index (κ1) is 13.8. The number of carbonyl (C=O) groups is 1. The van der Waals surface area contributed by atoms with Crippen LogP contribution in [0.1, 0.15) is 15.9 Å². The predicted octanol–water partition coefficient (Wildman–Crippen LogP) is 2.88. The van der Waals surface area contributed by atoms with Crippen LogP contribution in [0.4, 0.5) is 0 Å². The van der Waals surface area contributed by atoms with Crippen molar-refractivity contribution in [1.29, 1.82) is 0 Å². The second-order valence-electron chi connectivity index (χ2n) is 4.34. The van der Waals surface area contributed by atoms with E-state index in [9.17, 15) is 4.79 Å². The van der Waals surface area contributed by atoms with Gasteiger partial charge >= 0.3 is 0 Å². The molecule has 0 N–H and O–H groups in total. The summed E-state index contributed by atoms with van der Waals surface area (Å²) in [6.07, 6.45) is 0. The number of amides is 1. The molecule has 1 amide bonds. The second-order valence-corrected chi connectivity index (χ2v) is 5.42. The highest BCUT2D eigenvalue weighted by Gasteiger charge is 2.28. The summed E-state index contributed by atoms with van der Waals surface area (Å²) < 4.78 is 5.39. The third kappa shape index (κ3) is 2.87. The minimum atomic E-state index is 0.0303. The summed E-state index contributed by atoms with van der Waals surface area (Å²) in [5.74, 6) is 0.0303. The van der Waals surface area contributed by atoms with Crippen LogP contribution >= 0.6 is 27.5 Å². The van der Waals surface area contributed by atoms with Crippen molar-refractivity contribution in [3.8, 4) is 0 Å². The molecule has 3 nitrogen and oxygen atoms in total. The first-order chi connectivity index (χ1) is 8.63. The molecule has 0 spiro atoms. The van der Waals surface area contributed by atoms with E-state index in [1.165, 1.54) is 0 Å². The Bertz CT molecular complexity index is 453. The van der Waals surface area contributed by atoms with Crippen LogP contribution in [-0.2, 0) is 4.74 Å². The molecule has 1 aromatic carbocycles. The Morgan fingerprint density at radius 2 is 2.39 bits per heavy atom. The molecule has 5 heteroatoms. The Hall–Kier alpha value is -0.580. The maximum atomic E-state index is 12.5.